The Hall–Kier alpha value is -2.30. The lowest BCUT2D eigenvalue weighted by atomic mass is 9.94. The van der Waals surface area contributed by atoms with E-state index in [0.29, 0.717) is 23.7 Å². The molecule has 5 heteroatoms. The molecule has 1 aliphatic rings. The van der Waals surface area contributed by atoms with Gasteiger partial charge in [-0.15, -0.1) is 0 Å². The van der Waals surface area contributed by atoms with Crippen LogP contribution in [0, 0.1) is 5.92 Å². The van der Waals surface area contributed by atoms with Gasteiger partial charge in [-0.2, -0.15) is 0 Å². The van der Waals surface area contributed by atoms with E-state index in [1.807, 2.05) is 30.3 Å². The van der Waals surface area contributed by atoms with E-state index in [1.54, 1.807) is 11.8 Å². The summed E-state index contributed by atoms with van der Waals surface area (Å²) in [6.45, 7) is 6.60. The van der Waals surface area contributed by atoms with E-state index >= 15 is 0 Å². The fraction of sp³-hybridized carbons (Fsp3) is 0.444. The summed E-state index contributed by atoms with van der Waals surface area (Å²) in [6.07, 6.45) is 0.870. The van der Waals surface area contributed by atoms with Crippen LogP contribution in [0.2, 0.25) is 0 Å². The average molecular weight is 316 g/mol. The number of esters is 1. The summed E-state index contributed by atoms with van der Waals surface area (Å²) in [5.41, 5.74) is 2.02. The van der Waals surface area contributed by atoms with E-state index < -0.39 is 12.0 Å². The normalized spacial score (nSPS) is 18.2. The number of nitrogens with zero attached hydrogens (tertiary/aromatic N) is 1. The molecule has 1 N–H and O–H groups in total. The van der Waals surface area contributed by atoms with E-state index in [9.17, 15) is 9.59 Å². The molecule has 0 saturated heterocycles. The van der Waals surface area contributed by atoms with Crippen LogP contribution in [0.1, 0.15) is 38.8 Å². The second-order valence-corrected chi connectivity index (χ2v) is 6.12. The Morgan fingerprint density at radius 1 is 1.30 bits per heavy atom. The first-order valence-electron chi connectivity index (χ1n) is 7.87. The van der Waals surface area contributed by atoms with Crippen molar-refractivity contribution >= 4 is 12.0 Å². The summed E-state index contributed by atoms with van der Waals surface area (Å²) >= 11 is 0. The highest BCUT2D eigenvalue weighted by Gasteiger charge is 2.35. The highest BCUT2D eigenvalue weighted by molar-refractivity contribution is 5.94. The Morgan fingerprint density at radius 3 is 2.52 bits per heavy atom. The van der Waals surface area contributed by atoms with Crippen molar-refractivity contribution in [2.45, 2.75) is 33.2 Å². The van der Waals surface area contributed by atoms with Crippen molar-refractivity contribution in [2.75, 3.05) is 13.7 Å². The maximum Gasteiger partial charge on any atom is 0.337 e. The first-order chi connectivity index (χ1) is 11.0. The van der Waals surface area contributed by atoms with Gasteiger partial charge in [-0.3, -0.25) is 4.90 Å². The number of nitrogens with one attached hydrogen (secondary N) is 1. The van der Waals surface area contributed by atoms with Crippen molar-refractivity contribution in [3.05, 3.63) is 47.2 Å². The summed E-state index contributed by atoms with van der Waals surface area (Å²) in [4.78, 5) is 26.4. The maximum atomic E-state index is 12.5. The zero-order chi connectivity index (χ0) is 17.0. The van der Waals surface area contributed by atoms with Crippen molar-refractivity contribution in [2.24, 2.45) is 5.92 Å². The second-order valence-electron chi connectivity index (χ2n) is 6.12. The van der Waals surface area contributed by atoms with Gasteiger partial charge in [0.05, 0.1) is 18.7 Å². The van der Waals surface area contributed by atoms with E-state index in [0.717, 1.165) is 12.0 Å². The largest absolute Gasteiger partial charge is 0.466 e. The quantitative estimate of drug-likeness (QED) is 0.848. The predicted octanol–water partition coefficient (Wildman–Crippen LogP) is 3.25. The van der Waals surface area contributed by atoms with Gasteiger partial charge in [-0.25, -0.2) is 9.59 Å². The van der Waals surface area contributed by atoms with Gasteiger partial charge in [-0.05, 0) is 24.8 Å². The van der Waals surface area contributed by atoms with E-state index in [4.69, 9.17) is 4.74 Å². The van der Waals surface area contributed by atoms with Crippen molar-refractivity contribution in [3.63, 3.8) is 0 Å². The van der Waals surface area contributed by atoms with Gasteiger partial charge < -0.3 is 10.1 Å². The van der Waals surface area contributed by atoms with Crippen LogP contribution in [-0.4, -0.2) is 30.6 Å². The minimum Gasteiger partial charge on any atom is -0.466 e. The Morgan fingerprint density at radius 2 is 1.96 bits per heavy atom. The molecule has 2 amide bonds. The number of benzene rings is 1. The van der Waals surface area contributed by atoms with E-state index in [-0.39, 0.29) is 6.03 Å². The molecule has 2 rings (SSSR count). The molecule has 23 heavy (non-hydrogen) atoms. The van der Waals surface area contributed by atoms with Crippen LogP contribution in [-0.2, 0) is 9.53 Å². The number of allylic oxidation sites excluding steroid dienone is 1. The third-order valence-corrected chi connectivity index (χ3v) is 4.06. The third-order valence-electron chi connectivity index (χ3n) is 4.06. The lowest BCUT2D eigenvalue weighted by molar-refractivity contribution is -0.136. The summed E-state index contributed by atoms with van der Waals surface area (Å²) < 4.78 is 4.95. The number of carbonyl (C=O) groups excluding carboxylic acids is 2. The topological polar surface area (TPSA) is 58.6 Å². The lowest BCUT2D eigenvalue weighted by Gasteiger charge is -2.35. The minimum atomic E-state index is -0.480. The molecule has 0 bridgehead atoms. The molecule has 0 radical (unpaired) electrons. The first-order valence-corrected chi connectivity index (χ1v) is 7.87. The maximum absolute atomic E-state index is 12.5. The molecular weight excluding hydrogens is 292 g/mol. The molecule has 0 unspecified atom stereocenters. The van der Waals surface area contributed by atoms with Gasteiger partial charge in [-0.1, -0.05) is 44.2 Å². The summed E-state index contributed by atoms with van der Waals surface area (Å²) in [7, 11) is 1.36. The monoisotopic (exact) mass is 316 g/mol. The molecular formula is C18H24N2O3. The molecule has 0 aromatic heterocycles. The lowest BCUT2D eigenvalue weighted by Crippen LogP contribution is -2.48. The van der Waals surface area contributed by atoms with Gasteiger partial charge in [0.1, 0.15) is 0 Å². The number of ether oxygens (including phenoxy) is 1. The fourth-order valence-electron chi connectivity index (χ4n) is 2.71. The third kappa shape index (κ3) is 3.73. The van der Waals surface area contributed by atoms with Crippen LogP contribution < -0.4 is 5.32 Å². The molecule has 0 spiro atoms. The van der Waals surface area contributed by atoms with Crippen molar-refractivity contribution in [1.82, 2.24) is 10.2 Å². The molecule has 5 nitrogen and oxygen atoms in total. The number of rotatable bonds is 5. The molecule has 1 atom stereocenters. The van der Waals surface area contributed by atoms with Crippen LogP contribution in [0.15, 0.2) is 41.6 Å². The number of amides is 2. The molecule has 0 saturated carbocycles. The van der Waals surface area contributed by atoms with Crippen molar-refractivity contribution in [3.8, 4) is 0 Å². The average Bonchev–Trinajstić information content (AvgIpc) is 2.54. The van der Waals surface area contributed by atoms with Crippen LogP contribution in [0.4, 0.5) is 4.79 Å². The number of urea groups is 1. The zero-order valence-electron chi connectivity index (χ0n) is 14.1. The van der Waals surface area contributed by atoms with Crippen molar-refractivity contribution < 1.29 is 14.3 Å². The number of methoxy groups -OCH3 is 1. The Labute approximate surface area is 137 Å². The van der Waals surface area contributed by atoms with Gasteiger partial charge in [0.25, 0.3) is 0 Å². The van der Waals surface area contributed by atoms with Gasteiger partial charge in [0, 0.05) is 12.2 Å². The molecule has 0 fully saturated rings. The van der Waals surface area contributed by atoms with Crippen LogP contribution in [0.5, 0.6) is 0 Å². The van der Waals surface area contributed by atoms with Crippen LogP contribution in [0.3, 0.4) is 0 Å². The highest BCUT2D eigenvalue weighted by Crippen LogP contribution is 2.31. The summed E-state index contributed by atoms with van der Waals surface area (Å²) in [5.74, 6) is 0.0647. The van der Waals surface area contributed by atoms with Crippen LogP contribution >= 0.6 is 0 Å². The molecule has 124 valence electrons. The smallest absolute Gasteiger partial charge is 0.337 e. The molecule has 1 aromatic carbocycles. The number of carbonyl (C=O) groups is 2. The van der Waals surface area contributed by atoms with Crippen molar-refractivity contribution in [1.29, 1.82) is 0 Å². The van der Waals surface area contributed by atoms with E-state index in [2.05, 4.69) is 19.2 Å². The molecule has 0 aliphatic carbocycles. The molecule has 1 aromatic rings. The SMILES string of the molecule is COC(=O)C1=C(C)N(CCC(C)C)C(=O)N[C@H]1c1ccccc1. The first kappa shape index (κ1) is 17.1. The summed E-state index contributed by atoms with van der Waals surface area (Å²) in [6, 6.07) is 8.80. The van der Waals surface area contributed by atoms with Gasteiger partial charge in [0.15, 0.2) is 0 Å². The standard InChI is InChI=1S/C18H24N2O3/c1-12(2)10-11-20-13(3)15(17(21)23-4)16(19-18(20)22)14-8-6-5-7-9-14/h5-9,12,16H,10-11H2,1-4H3,(H,19,22)/t16-/m0/s1. The zero-order valence-corrected chi connectivity index (χ0v) is 14.1. The molecule has 1 heterocycles. The van der Waals surface area contributed by atoms with Crippen LogP contribution in [0.25, 0.3) is 0 Å². The Kier molecular flexibility index (Phi) is 5.42. The Balaban J connectivity index is 2.42. The Bertz CT molecular complexity index is 608. The van der Waals surface area contributed by atoms with Gasteiger partial charge >= 0.3 is 12.0 Å². The second kappa shape index (κ2) is 7.31. The summed E-state index contributed by atoms with van der Waals surface area (Å²) in [5, 5.41) is 2.93. The van der Waals surface area contributed by atoms with Gasteiger partial charge in [0.2, 0.25) is 0 Å². The number of hydrogen-bond donors (Lipinski definition) is 1. The highest BCUT2D eigenvalue weighted by atomic mass is 16.5. The number of hydrogen-bond acceptors (Lipinski definition) is 3. The predicted molar refractivity (Wildman–Crippen MR) is 88.6 cm³/mol. The molecule has 1 aliphatic heterocycles. The van der Waals surface area contributed by atoms with E-state index in [1.165, 1.54) is 7.11 Å². The minimum absolute atomic E-state index is 0.176. The fourth-order valence-corrected chi connectivity index (χ4v) is 2.71.